The monoisotopic (exact) mass is 410 g/mol. The molecule has 2 aliphatic rings. The van der Waals surface area contributed by atoms with Crippen molar-refractivity contribution in [2.24, 2.45) is 0 Å². The second-order valence-electron chi connectivity index (χ2n) is 7.87. The van der Waals surface area contributed by atoms with E-state index in [1.165, 1.54) is 5.56 Å². The van der Waals surface area contributed by atoms with Crippen LogP contribution in [-0.4, -0.2) is 69.9 Å². The van der Waals surface area contributed by atoms with Crippen LogP contribution in [0.2, 0.25) is 0 Å². The molecule has 4 rings (SSSR count). The molecule has 1 saturated heterocycles. The third-order valence-electron chi connectivity index (χ3n) is 5.84. The fraction of sp³-hybridized carbons (Fsp3) is 0.435. The molecule has 1 atom stereocenters. The van der Waals surface area contributed by atoms with E-state index < -0.39 is 0 Å². The number of hydrogen-bond acceptors (Lipinski definition) is 5. The first kappa shape index (κ1) is 20.5. The predicted molar refractivity (Wildman–Crippen MR) is 118 cm³/mol. The van der Waals surface area contributed by atoms with Gasteiger partial charge in [0.25, 0.3) is 0 Å². The summed E-state index contributed by atoms with van der Waals surface area (Å²) in [5.41, 5.74) is 4.21. The Morgan fingerprint density at radius 1 is 1.10 bits per heavy atom. The van der Waals surface area contributed by atoms with Crippen molar-refractivity contribution in [1.82, 2.24) is 9.80 Å². The summed E-state index contributed by atoms with van der Waals surface area (Å²) >= 11 is 0. The fourth-order valence-electron chi connectivity index (χ4n) is 4.25. The van der Waals surface area contributed by atoms with E-state index >= 15 is 0 Å². The Balaban J connectivity index is 1.62. The number of methoxy groups -OCH3 is 1. The van der Waals surface area contributed by atoms with Crippen LogP contribution in [0.25, 0.3) is 0 Å². The minimum Gasteiger partial charge on any atom is -0.496 e. The molecule has 0 aliphatic carbocycles. The topological polar surface area (TPSA) is 57.3 Å². The maximum absolute atomic E-state index is 13.4. The van der Waals surface area contributed by atoms with Gasteiger partial charge in [0.2, 0.25) is 0 Å². The van der Waals surface area contributed by atoms with E-state index in [9.17, 15) is 4.79 Å². The van der Waals surface area contributed by atoms with Crippen LogP contribution < -0.4 is 15.0 Å². The summed E-state index contributed by atoms with van der Waals surface area (Å²) in [6, 6.07) is 13.9. The zero-order valence-electron chi connectivity index (χ0n) is 17.9. The molecule has 1 fully saturated rings. The molecule has 2 aliphatic heterocycles. The summed E-state index contributed by atoms with van der Waals surface area (Å²) in [4.78, 5) is 19.6. The number of carbonyl (C=O) groups is 1. The summed E-state index contributed by atoms with van der Waals surface area (Å²) in [5.74, 6) is 0.830. The summed E-state index contributed by atoms with van der Waals surface area (Å²) in [6.07, 6.45) is 0.634. The van der Waals surface area contributed by atoms with Crippen molar-refractivity contribution in [2.45, 2.75) is 12.6 Å². The van der Waals surface area contributed by atoms with Gasteiger partial charge in [-0.05, 0) is 42.3 Å². The van der Waals surface area contributed by atoms with E-state index in [2.05, 4.69) is 16.3 Å². The molecule has 2 amide bonds. The van der Waals surface area contributed by atoms with Crippen molar-refractivity contribution in [3.63, 3.8) is 0 Å². The van der Waals surface area contributed by atoms with E-state index in [0.29, 0.717) is 19.8 Å². The molecule has 2 aromatic rings. The molecule has 30 heavy (non-hydrogen) atoms. The SMILES string of the molecule is COc1cccc2c1C(N1CCOCC1)N(C(=O)Nc1ccc(N(C)C)cc1)CC2. The Morgan fingerprint density at radius 3 is 2.50 bits per heavy atom. The number of anilines is 2. The number of nitrogens with one attached hydrogen (secondary N) is 1. The minimum absolute atomic E-state index is 0.0966. The van der Waals surface area contributed by atoms with Crippen LogP contribution in [0.15, 0.2) is 42.5 Å². The van der Waals surface area contributed by atoms with Crippen LogP contribution in [0.5, 0.6) is 5.75 Å². The van der Waals surface area contributed by atoms with Crippen molar-refractivity contribution in [1.29, 1.82) is 0 Å². The molecule has 7 heteroatoms. The lowest BCUT2D eigenvalue weighted by atomic mass is 9.94. The van der Waals surface area contributed by atoms with Crippen molar-refractivity contribution >= 4 is 17.4 Å². The first-order chi connectivity index (χ1) is 14.6. The molecule has 1 unspecified atom stereocenters. The highest BCUT2D eigenvalue weighted by Crippen LogP contribution is 2.39. The Kier molecular flexibility index (Phi) is 6.11. The molecule has 0 saturated carbocycles. The average Bonchev–Trinajstić information content (AvgIpc) is 2.78. The summed E-state index contributed by atoms with van der Waals surface area (Å²) < 4.78 is 11.3. The number of benzene rings is 2. The fourth-order valence-corrected chi connectivity index (χ4v) is 4.25. The molecule has 0 spiro atoms. The molecule has 0 bridgehead atoms. The number of fused-ring (bicyclic) bond motifs is 1. The highest BCUT2D eigenvalue weighted by molar-refractivity contribution is 5.90. The minimum atomic E-state index is -0.171. The maximum Gasteiger partial charge on any atom is 0.323 e. The second kappa shape index (κ2) is 8.93. The number of ether oxygens (including phenoxy) is 2. The third kappa shape index (κ3) is 4.08. The van der Waals surface area contributed by atoms with Crippen LogP contribution in [0, 0.1) is 0 Å². The van der Waals surface area contributed by atoms with Gasteiger partial charge >= 0.3 is 6.03 Å². The molecule has 7 nitrogen and oxygen atoms in total. The Morgan fingerprint density at radius 2 is 1.83 bits per heavy atom. The molecule has 160 valence electrons. The zero-order chi connectivity index (χ0) is 21.1. The summed E-state index contributed by atoms with van der Waals surface area (Å²) in [5, 5.41) is 3.08. The second-order valence-corrected chi connectivity index (χ2v) is 7.87. The lowest BCUT2D eigenvalue weighted by Gasteiger charge is -2.45. The number of nitrogens with zero attached hydrogens (tertiary/aromatic N) is 3. The molecule has 0 aromatic heterocycles. The van der Waals surface area contributed by atoms with Gasteiger partial charge in [-0.1, -0.05) is 12.1 Å². The third-order valence-corrected chi connectivity index (χ3v) is 5.84. The molecule has 1 N–H and O–H groups in total. The van der Waals surface area contributed by atoms with Crippen LogP contribution in [0.3, 0.4) is 0 Å². The van der Waals surface area contributed by atoms with Crippen LogP contribution >= 0.6 is 0 Å². The summed E-state index contributed by atoms with van der Waals surface area (Å²) in [7, 11) is 5.69. The molecule has 0 radical (unpaired) electrons. The van der Waals surface area contributed by atoms with Crippen molar-refractivity contribution in [2.75, 3.05) is 64.3 Å². The Bertz CT molecular complexity index is 864. The Labute approximate surface area is 178 Å². The first-order valence-corrected chi connectivity index (χ1v) is 10.4. The predicted octanol–water partition coefficient (Wildman–Crippen LogP) is 3.18. The maximum atomic E-state index is 13.4. The zero-order valence-corrected chi connectivity index (χ0v) is 17.9. The number of hydrogen-bond donors (Lipinski definition) is 1. The first-order valence-electron chi connectivity index (χ1n) is 10.4. The van der Waals surface area contributed by atoms with E-state index in [-0.39, 0.29) is 12.2 Å². The van der Waals surface area contributed by atoms with E-state index in [4.69, 9.17) is 9.47 Å². The van der Waals surface area contributed by atoms with Gasteiger partial charge in [0.1, 0.15) is 11.9 Å². The lowest BCUT2D eigenvalue weighted by molar-refractivity contribution is -0.0247. The van der Waals surface area contributed by atoms with Crippen molar-refractivity contribution in [3.8, 4) is 5.75 Å². The average molecular weight is 411 g/mol. The van der Waals surface area contributed by atoms with Crippen LogP contribution in [0.1, 0.15) is 17.3 Å². The number of rotatable bonds is 4. The number of carbonyl (C=O) groups excluding carboxylic acids is 1. The summed E-state index contributed by atoms with van der Waals surface area (Å²) in [6.45, 7) is 3.56. The van der Waals surface area contributed by atoms with Gasteiger partial charge in [-0.15, -0.1) is 0 Å². The van der Waals surface area contributed by atoms with Gasteiger partial charge in [-0.25, -0.2) is 4.79 Å². The van der Waals surface area contributed by atoms with E-state index in [0.717, 1.165) is 42.2 Å². The van der Waals surface area contributed by atoms with Gasteiger partial charge in [-0.3, -0.25) is 4.90 Å². The molecule has 2 aromatic carbocycles. The van der Waals surface area contributed by atoms with Gasteiger partial charge in [0.05, 0.1) is 20.3 Å². The normalized spacial score (nSPS) is 19.2. The Hall–Kier alpha value is -2.77. The highest BCUT2D eigenvalue weighted by atomic mass is 16.5. The van der Waals surface area contributed by atoms with Gasteiger partial charge in [-0.2, -0.15) is 0 Å². The molecular formula is C23H30N4O3. The quantitative estimate of drug-likeness (QED) is 0.839. The van der Waals surface area contributed by atoms with Crippen molar-refractivity contribution in [3.05, 3.63) is 53.6 Å². The van der Waals surface area contributed by atoms with Crippen LogP contribution in [0.4, 0.5) is 16.2 Å². The molecule has 2 heterocycles. The largest absolute Gasteiger partial charge is 0.496 e. The van der Waals surface area contributed by atoms with Crippen LogP contribution in [-0.2, 0) is 11.2 Å². The highest BCUT2D eigenvalue weighted by Gasteiger charge is 2.37. The number of morpholine rings is 1. The lowest BCUT2D eigenvalue weighted by Crippen LogP contribution is -2.52. The van der Waals surface area contributed by atoms with Crippen molar-refractivity contribution < 1.29 is 14.3 Å². The van der Waals surface area contributed by atoms with Gasteiger partial charge in [0, 0.05) is 50.7 Å². The standard InChI is InChI=1S/C23H30N4O3/c1-25(2)19-9-7-18(8-10-19)24-23(28)27-12-11-17-5-4-6-20(29-3)21(17)22(27)26-13-15-30-16-14-26/h4-10,22H,11-16H2,1-3H3,(H,24,28). The van der Waals surface area contributed by atoms with Gasteiger partial charge < -0.3 is 24.6 Å². The smallest absolute Gasteiger partial charge is 0.323 e. The number of amides is 2. The molecular weight excluding hydrogens is 380 g/mol. The number of urea groups is 1. The van der Waals surface area contributed by atoms with Gasteiger partial charge in [0.15, 0.2) is 0 Å². The van der Waals surface area contributed by atoms with E-state index in [1.807, 2.05) is 60.3 Å². The van der Waals surface area contributed by atoms with E-state index in [1.54, 1.807) is 7.11 Å².